The molecule has 0 spiro atoms. The van der Waals surface area contributed by atoms with Crippen LogP contribution in [0.5, 0.6) is 0 Å². The second-order valence-electron chi connectivity index (χ2n) is 4.44. The van der Waals surface area contributed by atoms with Gasteiger partial charge in [0.15, 0.2) is 0 Å². The molecule has 1 unspecified atom stereocenters. The van der Waals surface area contributed by atoms with Crippen molar-refractivity contribution in [3.8, 4) is 0 Å². The molecule has 0 aliphatic heterocycles. The number of rotatable bonds is 6. The highest BCUT2D eigenvalue weighted by molar-refractivity contribution is 5.14. The van der Waals surface area contributed by atoms with Crippen molar-refractivity contribution < 1.29 is 4.39 Å². The van der Waals surface area contributed by atoms with Crippen molar-refractivity contribution in [2.24, 2.45) is 0 Å². The van der Waals surface area contributed by atoms with Crippen LogP contribution in [0.2, 0.25) is 0 Å². The normalized spacial score (nSPS) is 13.1. The van der Waals surface area contributed by atoms with Crippen molar-refractivity contribution in [1.29, 1.82) is 0 Å². The van der Waals surface area contributed by atoms with Gasteiger partial charge in [-0.15, -0.1) is 0 Å². The van der Waals surface area contributed by atoms with Gasteiger partial charge < -0.3 is 4.90 Å². The van der Waals surface area contributed by atoms with Crippen LogP contribution in [-0.2, 0) is 0 Å². The van der Waals surface area contributed by atoms with E-state index in [2.05, 4.69) is 24.0 Å². The molecule has 0 bridgehead atoms. The van der Waals surface area contributed by atoms with E-state index in [-0.39, 0.29) is 6.67 Å². The summed E-state index contributed by atoms with van der Waals surface area (Å²) in [4.78, 5) is 6.43. The fourth-order valence-electron chi connectivity index (χ4n) is 1.59. The Morgan fingerprint density at radius 1 is 1.38 bits per heavy atom. The molecule has 1 rings (SSSR count). The predicted molar refractivity (Wildman–Crippen MR) is 65.5 cm³/mol. The van der Waals surface area contributed by atoms with Gasteiger partial charge in [-0.2, -0.15) is 0 Å². The van der Waals surface area contributed by atoms with Crippen LogP contribution in [0.25, 0.3) is 0 Å². The number of alkyl halides is 1. The summed E-state index contributed by atoms with van der Waals surface area (Å²) < 4.78 is 12.1. The summed E-state index contributed by atoms with van der Waals surface area (Å²) in [6, 6.07) is 4.17. The zero-order valence-corrected chi connectivity index (χ0v) is 10.4. The molecular weight excluding hydrogens is 203 g/mol. The summed E-state index contributed by atoms with van der Waals surface area (Å²) in [5.74, 6) is 0.433. The van der Waals surface area contributed by atoms with Gasteiger partial charge in [0.1, 0.15) is 6.67 Å². The van der Waals surface area contributed by atoms with Crippen LogP contribution >= 0.6 is 0 Å². The Bertz CT molecular complexity index is 297. The molecule has 0 saturated carbocycles. The first-order valence-electron chi connectivity index (χ1n) is 5.80. The molecule has 1 heterocycles. The molecule has 0 aromatic carbocycles. The molecule has 90 valence electrons. The third-order valence-electron chi connectivity index (χ3n) is 2.85. The van der Waals surface area contributed by atoms with Crippen LogP contribution < -0.4 is 0 Å². The second-order valence-corrected chi connectivity index (χ2v) is 4.44. The molecule has 0 fully saturated rings. The summed E-state index contributed by atoms with van der Waals surface area (Å²) in [5, 5.41) is 0. The Morgan fingerprint density at radius 3 is 2.69 bits per heavy atom. The number of pyridine rings is 1. The number of aryl methyl sites for hydroxylation is 1. The maximum Gasteiger partial charge on any atom is 0.102 e. The van der Waals surface area contributed by atoms with E-state index in [1.54, 1.807) is 0 Å². The molecule has 0 N–H and O–H groups in total. The lowest BCUT2D eigenvalue weighted by Crippen LogP contribution is -2.23. The van der Waals surface area contributed by atoms with Crippen LogP contribution in [0.4, 0.5) is 4.39 Å². The lowest BCUT2D eigenvalue weighted by atomic mass is 10.0. The van der Waals surface area contributed by atoms with E-state index in [9.17, 15) is 4.39 Å². The topological polar surface area (TPSA) is 16.1 Å². The maximum atomic E-state index is 12.1. The smallest absolute Gasteiger partial charge is 0.102 e. The summed E-state index contributed by atoms with van der Waals surface area (Å²) in [6.07, 6.45) is 2.92. The van der Waals surface area contributed by atoms with Gasteiger partial charge in [0.25, 0.3) is 0 Å². The second kappa shape index (κ2) is 6.59. The molecule has 1 aromatic heterocycles. The highest BCUT2D eigenvalue weighted by Gasteiger charge is 2.08. The van der Waals surface area contributed by atoms with Gasteiger partial charge in [-0.05, 0) is 44.5 Å². The van der Waals surface area contributed by atoms with Crippen LogP contribution in [-0.4, -0.2) is 36.7 Å². The molecule has 1 atom stereocenters. The molecule has 3 heteroatoms. The van der Waals surface area contributed by atoms with Gasteiger partial charge in [0, 0.05) is 18.4 Å². The van der Waals surface area contributed by atoms with Gasteiger partial charge in [0.2, 0.25) is 0 Å². The van der Waals surface area contributed by atoms with Crippen molar-refractivity contribution in [1.82, 2.24) is 9.88 Å². The summed E-state index contributed by atoms with van der Waals surface area (Å²) >= 11 is 0. The van der Waals surface area contributed by atoms with E-state index in [1.165, 1.54) is 5.56 Å². The minimum absolute atomic E-state index is 0.270. The van der Waals surface area contributed by atoms with Crippen molar-refractivity contribution in [3.05, 3.63) is 29.6 Å². The molecular formula is C13H21FN2. The first kappa shape index (κ1) is 13.1. The van der Waals surface area contributed by atoms with E-state index < -0.39 is 0 Å². The Balaban J connectivity index is 2.40. The summed E-state index contributed by atoms with van der Waals surface area (Å²) in [6.45, 7) is 5.37. The first-order chi connectivity index (χ1) is 7.63. The van der Waals surface area contributed by atoms with E-state index in [4.69, 9.17) is 0 Å². The quantitative estimate of drug-likeness (QED) is 0.738. The minimum Gasteiger partial charge on any atom is -0.304 e. The van der Waals surface area contributed by atoms with Crippen molar-refractivity contribution in [2.75, 3.05) is 26.8 Å². The highest BCUT2D eigenvalue weighted by atomic mass is 19.1. The Hall–Kier alpha value is -0.960. The average molecular weight is 224 g/mol. The Kier molecular flexibility index (Phi) is 5.39. The van der Waals surface area contributed by atoms with Crippen molar-refractivity contribution in [2.45, 2.75) is 26.2 Å². The van der Waals surface area contributed by atoms with E-state index in [0.717, 1.165) is 18.7 Å². The molecule has 0 aliphatic rings. The van der Waals surface area contributed by atoms with Crippen molar-refractivity contribution in [3.63, 3.8) is 0 Å². The monoisotopic (exact) mass is 224 g/mol. The van der Waals surface area contributed by atoms with Gasteiger partial charge in [-0.25, -0.2) is 4.39 Å². The SMILES string of the molecule is Cc1ccc(C(C)CCN(C)CCF)nc1. The number of nitrogens with zero attached hydrogens (tertiary/aromatic N) is 2. The molecule has 0 saturated heterocycles. The molecule has 16 heavy (non-hydrogen) atoms. The van der Waals surface area contributed by atoms with Crippen molar-refractivity contribution >= 4 is 0 Å². The third-order valence-corrected chi connectivity index (χ3v) is 2.85. The molecule has 0 aliphatic carbocycles. The fraction of sp³-hybridized carbons (Fsp3) is 0.615. The van der Waals surface area contributed by atoms with Gasteiger partial charge in [0.05, 0.1) is 0 Å². The maximum absolute atomic E-state index is 12.1. The van der Waals surface area contributed by atoms with Gasteiger partial charge in [-0.3, -0.25) is 4.98 Å². The largest absolute Gasteiger partial charge is 0.304 e. The summed E-state index contributed by atoms with van der Waals surface area (Å²) in [5.41, 5.74) is 2.31. The third kappa shape index (κ3) is 4.27. The standard InChI is InChI=1S/C13H21FN2/c1-11-4-5-13(15-10-11)12(2)6-8-16(3)9-7-14/h4-5,10,12H,6-9H2,1-3H3. The number of hydrogen-bond acceptors (Lipinski definition) is 2. The number of aromatic nitrogens is 1. The lowest BCUT2D eigenvalue weighted by Gasteiger charge is -2.17. The molecule has 0 radical (unpaired) electrons. The van der Waals surface area contributed by atoms with E-state index in [1.807, 2.05) is 25.1 Å². The lowest BCUT2D eigenvalue weighted by molar-refractivity contribution is 0.286. The molecule has 0 amide bonds. The Morgan fingerprint density at radius 2 is 2.12 bits per heavy atom. The fourth-order valence-corrected chi connectivity index (χ4v) is 1.59. The predicted octanol–water partition coefficient (Wildman–Crippen LogP) is 2.78. The molecule has 1 aromatic rings. The van der Waals surface area contributed by atoms with E-state index in [0.29, 0.717) is 12.5 Å². The van der Waals surface area contributed by atoms with Crippen LogP contribution in [0.15, 0.2) is 18.3 Å². The van der Waals surface area contributed by atoms with Gasteiger partial charge in [-0.1, -0.05) is 13.0 Å². The summed E-state index contributed by atoms with van der Waals surface area (Å²) in [7, 11) is 1.95. The zero-order chi connectivity index (χ0) is 12.0. The molecule has 2 nitrogen and oxygen atoms in total. The van der Waals surface area contributed by atoms with Crippen LogP contribution in [0.1, 0.15) is 30.5 Å². The van der Waals surface area contributed by atoms with Crippen LogP contribution in [0, 0.1) is 6.92 Å². The minimum atomic E-state index is -0.270. The number of halogens is 1. The van der Waals surface area contributed by atoms with Gasteiger partial charge >= 0.3 is 0 Å². The number of hydrogen-bond donors (Lipinski definition) is 0. The van der Waals surface area contributed by atoms with Crippen LogP contribution in [0.3, 0.4) is 0 Å². The Labute approximate surface area is 97.5 Å². The average Bonchev–Trinajstić information content (AvgIpc) is 2.27. The zero-order valence-electron chi connectivity index (χ0n) is 10.4. The first-order valence-corrected chi connectivity index (χ1v) is 5.80. The highest BCUT2D eigenvalue weighted by Crippen LogP contribution is 2.16. The van der Waals surface area contributed by atoms with E-state index >= 15 is 0 Å².